The molecule has 0 aliphatic carbocycles. The normalized spacial score (nSPS) is 11.8. The van der Waals surface area contributed by atoms with Crippen LogP contribution in [0.2, 0.25) is 0 Å². The highest BCUT2D eigenvalue weighted by Crippen LogP contribution is 2.23. The monoisotopic (exact) mass is 306 g/mol. The summed E-state index contributed by atoms with van der Waals surface area (Å²) in [6, 6.07) is 6.40. The lowest BCUT2D eigenvalue weighted by molar-refractivity contribution is 0.112. The standard InChI is InChI=1S/C15H18N2O3S/c1-11(2)8-17-9-13(10-18)15(16-17)12-4-6-14(7-5-12)21(3,19)20/h4-7,9-11H,8H2,1-3H3. The number of rotatable bonds is 5. The molecule has 0 unspecified atom stereocenters. The predicted molar refractivity (Wildman–Crippen MR) is 81.0 cm³/mol. The van der Waals surface area contributed by atoms with Crippen LogP contribution in [0, 0.1) is 5.92 Å². The van der Waals surface area contributed by atoms with Gasteiger partial charge in [0, 0.05) is 24.6 Å². The van der Waals surface area contributed by atoms with Gasteiger partial charge >= 0.3 is 0 Å². The van der Waals surface area contributed by atoms with Gasteiger partial charge in [-0.15, -0.1) is 0 Å². The van der Waals surface area contributed by atoms with Crippen LogP contribution in [-0.2, 0) is 16.4 Å². The highest BCUT2D eigenvalue weighted by atomic mass is 32.2. The van der Waals surface area contributed by atoms with E-state index in [1.54, 1.807) is 23.0 Å². The maximum Gasteiger partial charge on any atom is 0.175 e. The van der Waals surface area contributed by atoms with Crippen LogP contribution in [0.15, 0.2) is 35.4 Å². The summed E-state index contributed by atoms with van der Waals surface area (Å²) in [4.78, 5) is 11.4. The SMILES string of the molecule is CC(C)Cn1cc(C=O)c(-c2ccc(S(C)(=O)=O)cc2)n1. The van der Waals surface area contributed by atoms with E-state index in [1.807, 2.05) is 0 Å². The molecule has 1 heterocycles. The van der Waals surface area contributed by atoms with E-state index < -0.39 is 9.84 Å². The van der Waals surface area contributed by atoms with Gasteiger partial charge in [0.2, 0.25) is 0 Å². The van der Waals surface area contributed by atoms with E-state index in [9.17, 15) is 13.2 Å². The average molecular weight is 306 g/mol. The number of carbonyl (C=O) groups excluding carboxylic acids is 1. The number of benzene rings is 1. The fraction of sp³-hybridized carbons (Fsp3) is 0.333. The second kappa shape index (κ2) is 5.81. The zero-order valence-electron chi connectivity index (χ0n) is 12.3. The second-order valence-corrected chi connectivity index (χ2v) is 7.48. The van der Waals surface area contributed by atoms with Crippen molar-refractivity contribution < 1.29 is 13.2 Å². The summed E-state index contributed by atoms with van der Waals surface area (Å²) in [7, 11) is -3.22. The van der Waals surface area contributed by atoms with Gasteiger partial charge in [-0.1, -0.05) is 26.0 Å². The Kier molecular flexibility index (Phi) is 4.27. The molecule has 0 saturated heterocycles. The molecule has 0 radical (unpaired) electrons. The molecule has 5 nitrogen and oxygen atoms in total. The maximum absolute atomic E-state index is 11.5. The molecule has 6 heteroatoms. The van der Waals surface area contributed by atoms with E-state index in [0.29, 0.717) is 17.2 Å². The fourth-order valence-corrected chi connectivity index (χ4v) is 2.71. The fourth-order valence-electron chi connectivity index (χ4n) is 2.08. The molecule has 112 valence electrons. The van der Waals surface area contributed by atoms with Crippen LogP contribution in [0.4, 0.5) is 0 Å². The number of hydrogen-bond acceptors (Lipinski definition) is 4. The Labute approximate surface area is 124 Å². The van der Waals surface area contributed by atoms with Gasteiger partial charge in [-0.3, -0.25) is 9.48 Å². The van der Waals surface area contributed by atoms with E-state index in [2.05, 4.69) is 18.9 Å². The quantitative estimate of drug-likeness (QED) is 0.796. The lowest BCUT2D eigenvalue weighted by atomic mass is 10.1. The highest BCUT2D eigenvalue weighted by Gasteiger charge is 2.13. The molecule has 2 aromatic rings. The van der Waals surface area contributed by atoms with Crippen LogP contribution in [0.1, 0.15) is 24.2 Å². The Bertz CT molecular complexity index is 744. The molecule has 21 heavy (non-hydrogen) atoms. The molecule has 0 atom stereocenters. The lowest BCUT2D eigenvalue weighted by Crippen LogP contribution is -2.04. The first-order valence-electron chi connectivity index (χ1n) is 6.64. The molecule has 0 fully saturated rings. The van der Waals surface area contributed by atoms with Gasteiger partial charge < -0.3 is 0 Å². The molecular formula is C15H18N2O3S. The van der Waals surface area contributed by atoms with Crippen molar-refractivity contribution in [1.82, 2.24) is 9.78 Å². The van der Waals surface area contributed by atoms with Gasteiger partial charge in [-0.25, -0.2) is 8.42 Å². The van der Waals surface area contributed by atoms with Crippen LogP contribution in [0.3, 0.4) is 0 Å². The minimum absolute atomic E-state index is 0.250. The number of carbonyl (C=O) groups is 1. The number of hydrogen-bond donors (Lipinski definition) is 0. The van der Waals surface area contributed by atoms with E-state index in [0.717, 1.165) is 24.7 Å². The third-order valence-electron chi connectivity index (χ3n) is 3.03. The van der Waals surface area contributed by atoms with Crippen molar-refractivity contribution in [2.24, 2.45) is 5.92 Å². The molecule has 0 aliphatic heterocycles. The smallest absolute Gasteiger partial charge is 0.175 e. The summed E-state index contributed by atoms with van der Waals surface area (Å²) >= 11 is 0. The maximum atomic E-state index is 11.5. The number of aldehydes is 1. The van der Waals surface area contributed by atoms with Crippen molar-refractivity contribution in [3.63, 3.8) is 0 Å². The molecule has 1 aromatic carbocycles. The largest absolute Gasteiger partial charge is 0.298 e. The van der Waals surface area contributed by atoms with Gasteiger partial charge in [-0.05, 0) is 18.1 Å². The van der Waals surface area contributed by atoms with E-state index in [4.69, 9.17) is 0 Å². The van der Waals surface area contributed by atoms with E-state index in [1.165, 1.54) is 12.1 Å². The van der Waals surface area contributed by atoms with Crippen LogP contribution < -0.4 is 0 Å². The third kappa shape index (κ3) is 3.58. The summed E-state index contributed by atoms with van der Waals surface area (Å²) in [5, 5.41) is 4.42. The van der Waals surface area contributed by atoms with Crippen LogP contribution in [0.5, 0.6) is 0 Å². The molecule has 1 aromatic heterocycles. The van der Waals surface area contributed by atoms with Gasteiger partial charge in [-0.2, -0.15) is 5.10 Å². The first-order chi connectivity index (χ1) is 9.81. The summed E-state index contributed by atoms with van der Waals surface area (Å²) in [6.45, 7) is 4.87. The molecule has 2 rings (SSSR count). The highest BCUT2D eigenvalue weighted by molar-refractivity contribution is 7.90. The molecule has 0 bridgehead atoms. The minimum atomic E-state index is -3.22. The first-order valence-corrected chi connectivity index (χ1v) is 8.53. The summed E-state index contributed by atoms with van der Waals surface area (Å²) in [5.74, 6) is 0.421. The summed E-state index contributed by atoms with van der Waals surface area (Å²) in [6.07, 6.45) is 3.65. The van der Waals surface area contributed by atoms with Gasteiger partial charge in [0.25, 0.3) is 0 Å². The summed E-state index contributed by atoms with van der Waals surface area (Å²) in [5.41, 5.74) is 1.81. The predicted octanol–water partition coefficient (Wildman–Crippen LogP) is 2.42. The van der Waals surface area contributed by atoms with Gasteiger partial charge in [0.1, 0.15) is 5.69 Å². The van der Waals surface area contributed by atoms with Crippen molar-refractivity contribution in [3.05, 3.63) is 36.0 Å². The van der Waals surface area contributed by atoms with Crippen molar-refractivity contribution >= 4 is 16.1 Å². The number of sulfone groups is 1. The lowest BCUT2D eigenvalue weighted by Gasteiger charge is -2.04. The van der Waals surface area contributed by atoms with Crippen LogP contribution in [-0.4, -0.2) is 30.7 Å². The topological polar surface area (TPSA) is 69.0 Å². The van der Waals surface area contributed by atoms with Gasteiger partial charge in [0.05, 0.1) is 10.5 Å². The second-order valence-electron chi connectivity index (χ2n) is 5.46. The van der Waals surface area contributed by atoms with E-state index in [-0.39, 0.29) is 4.90 Å². The molecular weight excluding hydrogens is 288 g/mol. The van der Waals surface area contributed by atoms with Crippen molar-refractivity contribution in [2.45, 2.75) is 25.3 Å². The van der Waals surface area contributed by atoms with Crippen molar-refractivity contribution in [3.8, 4) is 11.3 Å². The molecule has 0 spiro atoms. The Morgan fingerprint density at radius 1 is 1.24 bits per heavy atom. The Morgan fingerprint density at radius 3 is 2.33 bits per heavy atom. The van der Waals surface area contributed by atoms with Crippen LogP contribution >= 0.6 is 0 Å². The van der Waals surface area contributed by atoms with Crippen LogP contribution in [0.25, 0.3) is 11.3 Å². The Balaban J connectivity index is 2.41. The first kappa shape index (κ1) is 15.4. The van der Waals surface area contributed by atoms with Crippen molar-refractivity contribution in [1.29, 1.82) is 0 Å². The van der Waals surface area contributed by atoms with E-state index >= 15 is 0 Å². The molecule has 0 N–H and O–H groups in total. The van der Waals surface area contributed by atoms with Crippen molar-refractivity contribution in [2.75, 3.05) is 6.26 Å². The number of nitrogens with zero attached hydrogens (tertiary/aromatic N) is 2. The summed E-state index contributed by atoms with van der Waals surface area (Å²) < 4.78 is 24.7. The molecule has 0 aliphatic rings. The minimum Gasteiger partial charge on any atom is -0.298 e. The Morgan fingerprint density at radius 2 is 1.86 bits per heavy atom. The van der Waals surface area contributed by atoms with Gasteiger partial charge in [0.15, 0.2) is 16.1 Å². The zero-order valence-corrected chi connectivity index (χ0v) is 13.1. The zero-order chi connectivity index (χ0) is 15.6. The third-order valence-corrected chi connectivity index (χ3v) is 4.15. The molecule has 0 saturated carbocycles. The Hall–Kier alpha value is -1.95. The molecule has 0 amide bonds. The number of aromatic nitrogens is 2. The average Bonchev–Trinajstić information content (AvgIpc) is 2.80.